The molecule has 0 bridgehead atoms. The van der Waals surface area contributed by atoms with Crippen LogP contribution in [0.4, 0.5) is 11.4 Å². The molecular formula is C27H26N2O5S. The van der Waals surface area contributed by atoms with Gasteiger partial charge >= 0.3 is 5.63 Å². The summed E-state index contributed by atoms with van der Waals surface area (Å²) in [7, 11) is -3.76. The zero-order valence-electron chi connectivity index (χ0n) is 19.7. The zero-order valence-corrected chi connectivity index (χ0v) is 20.6. The largest absolute Gasteiger partial charge is 0.422 e. The molecule has 0 saturated carbocycles. The second kappa shape index (κ2) is 9.76. The topological polar surface area (TPSA) is 96.7 Å². The van der Waals surface area contributed by atoms with Crippen LogP contribution in [0.15, 0.2) is 86.9 Å². The van der Waals surface area contributed by atoms with Crippen LogP contribution in [0.1, 0.15) is 35.3 Å². The van der Waals surface area contributed by atoms with Crippen LogP contribution in [0.3, 0.4) is 0 Å². The molecule has 0 aliphatic heterocycles. The number of ketones is 1. The summed E-state index contributed by atoms with van der Waals surface area (Å²) in [5.41, 5.74) is 2.05. The number of hydrogen-bond acceptors (Lipinski definition) is 6. The number of nitrogens with zero attached hydrogens (tertiary/aromatic N) is 1. The maximum atomic E-state index is 13.0. The van der Waals surface area contributed by atoms with E-state index in [0.717, 1.165) is 24.3 Å². The van der Waals surface area contributed by atoms with Crippen LogP contribution in [0, 0.1) is 6.92 Å². The van der Waals surface area contributed by atoms with Crippen molar-refractivity contribution < 1.29 is 17.6 Å². The van der Waals surface area contributed by atoms with Gasteiger partial charge in [-0.2, -0.15) is 0 Å². The second-order valence-electron chi connectivity index (χ2n) is 8.17. The van der Waals surface area contributed by atoms with Gasteiger partial charge in [-0.15, -0.1) is 0 Å². The highest BCUT2D eigenvalue weighted by Crippen LogP contribution is 2.23. The predicted molar refractivity (Wildman–Crippen MR) is 138 cm³/mol. The van der Waals surface area contributed by atoms with E-state index in [9.17, 15) is 18.0 Å². The van der Waals surface area contributed by atoms with Crippen molar-refractivity contribution in [1.82, 2.24) is 0 Å². The summed E-state index contributed by atoms with van der Waals surface area (Å²) >= 11 is 0. The van der Waals surface area contributed by atoms with Crippen molar-refractivity contribution in [3.05, 3.63) is 99.9 Å². The van der Waals surface area contributed by atoms with Gasteiger partial charge in [-0.25, -0.2) is 13.2 Å². The summed E-state index contributed by atoms with van der Waals surface area (Å²) in [6.07, 6.45) is 0. The molecule has 0 aliphatic carbocycles. The Morgan fingerprint density at radius 2 is 1.57 bits per heavy atom. The van der Waals surface area contributed by atoms with Crippen LogP contribution in [-0.2, 0) is 10.0 Å². The monoisotopic (exact) mass is 490 g/mol. The third-order valence-electron chi connectivity index (χ3n) is 5.82. The molecule has 0 saturated heterocycles. The van der Waals surface area contributed by atoms with Gasteiger partial charge < -0.3 is 9.32 Å². The minimum absolute atomic E-state index is 0.0823. The molecule has 7 nitrogen and oxygen atoms in total. The van der Waals surface area contributed by atoms with Gasteiger partial charge in [0, 0.05) is 41.5 Å². The predicted octanol–water partition coefficient (Wildman–Crippen LogP) is 4.98. The van der Waals surface area contributed by atoms with Gasteiger partial charge in [0.05, 0.1) is 4.90 Å². The van der Waals surface area contributed by atoms with Gasteiger partial charge in [0.15, 0.2) is 5.78 Å². The van der Waals surface area contributed by atoms with Crippen molar-refractivity contribution in [3.63, 3.8) is 0 Å². The lowest BCUT2D eigenvalue weighted by molar-refractivity contribution is 0.103. The summed E-state index contributed by atoms with van der Waals surface area (Å²) in [4.78, 5) is 27.9. The number of carbonyl (C=O) groups excluding carboxylic acids is 1. The summed E-state index contributed by atoms with van der Waals surface area (Å²) < 4.78 is 33.1. The molecule has 0 unspecified atom stereocenters. The molecule has 0 fully saturated rings. The van der Waals surface area contributed by atoms with E-state index in [0.29, 0.717) is 16.7 Å². The van der Waals surface area contributed by atoms with Gasteiger partial charge in [-0.05, 0) is 75.4 Å². The van der Waals surface area contributed by atoms with E-state index in [1.165, 1.54) is 42.5 Å². The number of benzene rings is 3. The molecule has 0 atom stereocenters. The van der Waals surface area contributed by atoms with E-state index < -0.39 is 21.4 Å². The number of nitrogens with one attached hydrogen (secondary N) is 1. The average molecular weight is 491 g/mol. The van der Waals surface area contributed by atoms with Crippen LogP contribution in [-0.4, -0.2) is 27.3 Å². The molecular weight excluding hydrogens is 464 g/mol. The Balaban J connectivity index is 1.58. The number of anilines is 2. The minimum atomic E-state index is -3.76. The summed E-state index contributed by atoms with van der Waals surface area (Å²) in [5.74, 6) is -0.499. The Bertz CT molecular complexity index is 1540. The van der Waals surface area contributed by atoms with Gasteiger partial charge in [-0.3, -0.25) is 9.52 Å². The van der Waals surface area contributed by atoms with E-state index in [1.54, 1.807) is 18.2 Å². The van der Waals surface area contributed by atoms with Crippen molar-refractivity contribution in [2.24, 2.45) is 0 Å². The number of rotatable bonds is 8. The number of fused-ring (bicyclic) bond motifs is 1. The first-order valence-electron chi connectivity index (χ1n) is 11.3. The summed E-state index contributed by atoms with van der Waals surface area (Å²) in [5, 5.41) is 0.645. The van der Waals surface area contributed by atoms with Crippen LogP contribution in [0.2, 0.25) is 0 Å². The molecule has 0 aliphatic rings. The number of aryl methyl sites for hydroxylation is 1. The third-order valence-corrected chi connectivity index (χ3v) is 7.22. The minimum Gasteiger partial charge on any atom is -0.422 e. The molecule has 8 heteroatoms. The van der Waals surface area contributed by atoms with Crippen LogP contribution < -0.4 is 15.2 Å². The van der Waals surface area contributed by atoms with Gasteiger partial charge in [0.1, 0.15) is 11.1 Å². The Kier molecular flexibility index (Phi) is 6.75. The smallest absolute Gasteiger partial charge is 0.347 e. The fraction of sp³-hybridized carbons (Fsp3) is 0.185. The van der Waals surface area contributed by atoms with Gasteiger partial charge in [0.2, 0.25) is 0 Å². The highest BCUT2D eigenvalue weighted by Gasteiger charge is 2.18. The molecule has 3 aromatic carbocycles. The van der Waals surface area contributed by atoms with E-state index in [1.807, 2.05) is 32.9 Å². The molecule has 4 rings (SSSR count). The Hall–Kier alpha value is -3.91. The Labute approximate surface area is 204 Å². The van der Waals surface area contributed by atoms with Crippen molar-refractivity contribution in [1.29, 1.82) is 0 Å². The van der Waals surface area contributed by atoms with Gasteiger partial charge in [0.25, 0.3) is 10.0 Å². The van der Waals surface area contributed by atoms with Gasteiger partial charge in [-0.1, -0.05) is 17.7 Å². The summed E-state index contributed by atoms with van der Waals surface area (Å²) in [6, 6.07) is 19.5. The zero-order chi connectivity index (χ0) is 25.2. The lowest BCUT2D eigenvalue weighted by atomic mass is 10.0. The standard InChI is InChI=1S/C27H26N2O5S/c1-4-29(5-2)22-13-10-20-16-24(27(31)34-25(20)17-22)26(30)19-8-11-21(12-9-19)28-35(32,33)23-14-6-18(3)7-15-23/h6-17,28H,4-5H2,1-3H3. The molecule has 1 aromatic heterocycles. The maximum absolute atomic E-state index is 13.0. The first-order chi connectivity index (χ1) is 16.7. The van der Waals surface area contributed by atoms with Crippen molar-refractivity contribution in [3.8, 4) is 0 Å². The fourth-order valence-corrected chi connectivity index (χ4v) is 4.88. The highest BCUT2D eigenvalue weighted by atomic mass is 32.2. The first-order valence-corrected chi connectivity index (χ1v) is 12.8. The highest BCUT2D eigenvalue weighted by molar-refractivity contribution is 7.92. The average Bonchev–Trinajstić information content (AvgIpc) is 2.84. The molecule has 0 spiro atoms. The van der Waals surface area contributed by atoms with E-state index in [4.69, 9.17) is 4.42 Å². The molecule has 1 heterocycles. The number of hydrogen-bond donors (Lipinski definition) is 1. The second-order valence-corrected chi connectivity index (χ2v) is 9.85. The summed E-state index contributed by atoms with van der Waals surface area (Å²) in [6.45, 7) is 7.61. The normalized spacial score (nSPS) is 11.4. The SMILES string of the molecule is CCN(CC)c1ccc2cc(C(=O)c3ccc(NS(=O)(=O)c4ccc(C)cc4)cc3)c(=O)oc2c1. The van der Waals surface area contributed by atoms with E-state index in [2.05, 4.69) is 9.62 Å². The Morgan fingerprint density at radius 1 is 0.914 bits per heavy atom. The van der Waals surface area contributed by atoms with E-state index in [-0.39, 0.29) is 16.0 Å². The van der Waals surface area contributed by atoms with E-state index >= 15 is 0 Å². The fourth-order valence-electron chi connectivity index (χ4n) is 3.82. The van der Waals surface area contributed by atoms with Crippen LogP contribution in [0.25, 0.3) is 11.0 Å². The number of carbonyl (C=O) groups is 1. The quantitative estimate of drug-likeness (QED) is 0.276. The molecule has 35 heavy (non-hydrogen) atoms. The third kappa shape index (κ3) is 5.12. The molecule has 0 amide bonds. The van der Waals surface area contributed by atoms with Crippen LogP contribution in [0.5, 0.6) is 0 Å². The molecule has 4 aromatic rings. The molecule has 1 N–H and O–H groups in total. The first kappa shape index (κ1) is 24.2. The van der Waals surface area contributed by atoms with Crippen molar-refractivity contribution >= 4 is 38.2 Å². The Morgan fingerprint density at radius 3 is 2.20 bits per heavy atom. The molecule has 180 valence electrons. The molecule has 0 radical (unpaired) electrons. The lowest BCUT2D eigenvalue weighted by Crippen LogP contribution is -2.21. The van der Waals surface area contributed by atoms with Crippen molar-refractivity contribution in [2.45, 2.75) is 25.7 Å². The van der Waals surface area contributed by atoms with Crippen molar-refractivity contribution in [2.75, 3.05) is 22.7 Å². The lowest BCUT2D eigenvalue weighted by Gasteiger charge is -2.21. The number of sulfonamides is 1. The maximum Gasteiger partial charge on any atom is 0.347 e. The van der Waals surface area contributed by atoms with Crippen LogP contribution >= 0.6 is 0 Å².